The second kappa shape index (κ2) is 4.73. The average Bonchev–Trinajstić information content (AvgIpc) is 2.75. The molecule has 1 N–H and O–H groups in total. The van der Waals surface area contributed by atoms with Crippen LogP contribution >= 0.6 is 0 Å². The first-order valence-corrected chi connectivity index (χ1v) is 5.29. The minimum atomic E-state index is -0.174. The first kappa shape index (κ1) is 10.6. The summed E-state index contributed by atoms with van der Waals surface area (Å²) in [5.74, 6) is 0.354. The van der Waals surface area contributed by atoms with E-state index in [-0.39, 0.29) is 5.82 Å². The SMILES string of the molecule is COCc1cc(C2CCNC2)ccc1F. The Bertz CT molecular complexity index is 334. The third-order valence-corrected chi connectivity index (χ3v) is 2.90. The Hall–Kier alpha value is -0.930. The standard InChI is InChI=1S/C12H16FNO/c1-15-8-11-6-9(2-3-12(11)13)10-4-5-14-7-10/h2-3,6,10,14H,4-5,7-8H2,1H3. The molecule has 1 aromatic rings. The van der Waals surface area contributed by atoms with Gasteiger partial charge >= 0.3 is 0 Å². The number of nitrogens with one attached hydrogen (secondary N) is 1. The van der Waals surface area contributed by atoms with Gasteiger partial charge in [0.2, 0.25) is 0 Å². The van der Waals surface area contributed by atoms with Gasteiger partial charge in [0.05, 0.1) is 6.61 Å². The normalized spacial score (nSPS) is 20.8. The Morgan fingerprint density at radius 1 is 1.53 bits per heavy atom. The third-order valence-electron chi connectivity index (χ3n) is 2.90. The van der Waals surface area contributed by atoms with Crippen molar-refractivity contribution in [3.8, 4) is 0 Å². The van der Waals surface area contributed by atoms with E-state index in [9.17, 15) is 4.39 Å². The molecule has 1 unspecified atom stereocenters. The average molecular weight is 209 g/mol. The molecule has 0 radical (unpaired) electrons. The number of halogens is 1. The molecule has 0 saturated carbocycles. The summed E-state index contributed by atoms with van der Waals surface area (Å²) in [4.78, 5) is 0. The van der Waals surface area contributed by atoms with Crippen LogP contribution in [0.5, 0.6) is 0 Å². The van der Waals surface area contributed by atoms with Crippen molar-refractivity contribution in [2.24, 2.45) is 0 Å². The van der Waals surface area contributed by atoms with E-state index in [1.807, 2.05) is 12.1 Å². The molecule has 82 valence electrons. The van der Waals surface area contributed by atoms with Crippen molar-refractivity contribution < 1.29 is 9.13 Å². The second-order valence-corrected chi connectivity index (χ2v) is 3.97. The molecule has 1 saturated heterocycles. The molecule has 15 heavy (non-hydrogen) atoms. The molecule has 0 aliphatic carbocycles. The fraction of sp³-hybridized carbons (Fsp3) is 0.500. The fourth-order valence-electron chi connectivity index (χ4n) is 2.05. The molecular weight excluding hydrogens is 193 g/mol. The second-order valence-electron chi connectivity index (χ2n) is 3.97. The summed E-state index contributed by atoms with van der Waals surface area (Å²) in [7, 11) is 1.59. The van der Waals surface area contributed by atoms with Crippen molar-refractivity contribution in [1.82, 2.24) is 5.32 Å². The lowest BCUT2D eigenvalue weighted by Crippen LogP contribution is -2.08. The van der Waals surface area contributed by atoms with Gasteiger partial charge in [-0.05, 0) is 30.5 Å². The molecule has 0 bridgehead atoms. The lowest BCUT2D eigenvalue weighted by Gasteiger charge is -2.11. The highest BCUT2D eigenvalue weighted by Gasteiger charge is 2.17. The van der Waals surface area contributed by atoms with E-state index in [2.05, 4.69) is 5.32 Å². The highest BCUT2D eigenvalue weighted by atomic mass is 19.1. The van der Waals surface area contributed by atoms with Gasteiger partial charge in [-0.3, -0.25) is 0 Å². The van der Waals surface area contributed by atoms with Crippen molar-refractivity contribution in [2.45, 2.75) is 18.9 Å². The number of rotatable bonds is 3. The van der Waals surface area contributed by atoms with E-state index in [1.54, 1.807) is 13.2 Å². The Morgan fingerprint density at radius 3 is 3.07 bits per heavy atom. The van der Waals surface area contributed by atoms with Gasteiger partial charge in [-0.25, -0.2) is 4.39 Å². The maximum absolute atomic E-state index is 13.3. The highest BCUT2D eigenvalue weighted by molar-refractivity contribution is 5.28. The van der Waals surface area contributed by atoms with E-state index in [0.29, 0.717) is 18.1 Å². The topological polar surface area (TPSA) is 21.3 Å². The van der Waals surface area contributed by atoms with Gasteiger partial charge < -0.3 is 10.1 Å². The van der Waals surface area contributed by atoms with Gasteiger partial charge in [0.1, 0.15) is 5.82 Å². The smallest absolute Gasteiger partial charge is 0.128 e. The van der Waals surface area contributed by atoms with Crippen molar-refractivity contribution in [3.05, 3.63) is 35.1 Å². The van der Waals surface area contributed by atoms with Crippen molar-refractivity contribution in [3.63, 3.8) is 0 Å². The minimum absolute atomic E-state index is 0.174. The number of ether oxygens (including phenoxy) is 1. The molecule has 1 heterocycles. The number of hydrogen-bond donors (Lipinski definition) is 1. The predicted octanol–water partition coefficient (Wildman–Crippen LogP) is 2.05. The summed E-state index contributed by atoms with van der Waals surface area (Å²) in [6, 6.07) is 5.35. The van der Waals surface area contributed by atoms with Crippen LogP contribution in [0.3, 0.4) is 0 Å². The molecule has 3 heteroatoms. The summed E-state index contributed by atoms with van der Waals surface area (Å²) in [6.07, 6.45) is 1.14. The first-order chi connectivity index (χ1) is 7.31. The van der Waals surface area contributed by atoms with Crippen molar-refractivity contribution in [2.75, 3.05) is 20.2 Å². The van der Waals surface area contributed by atoms with Crippen LogP contribution in [0.15, 0.2) is 18.2 Å². The fourth-order valence-corrected chi connectivity index (χ4v) is 2.05. The van der Waals surface area contributed by atoms with Crippen LogP contribution in [-0.4, -0.2) is 20.2 Å². The van der Waals surface area contributed by atoms with Crippen LogP contribution in [0.2, 0.25) is 0 Å². The molecular formula is C12H16FNO. The monoisotopic (exact) mass is 209 g/mol. The summed E-state index contributed by atoms with van der Waals surface area (Å²) in [5, 5.41) is 3.31. The largest absolute Gasteiger partial charge is 0.380 e. The molecule has 0 amide bonds. The van der Waals surface area contributed by atoms with E-state index in [4.69, 9.17) is 4.74 Å². The lowest BCUT2D eigenvalue weighted by molar-refractivity contribution is 0.181. The van der Waals surface area contributed by atoms with Crippen LogP contribution in [0.4, 0.5) is 4.39 Å². The van der Waals surface area contributed by atoms with Gasteiger partial charge in [0, 0.05) is 19.2 Å². The molecule has 1 aromatic carbocycles. The van der Waals surface area contributed by atoms with Crippen molar-refractivity contribution >= 4 is 0 Å². The van der Waals surface area contributed by atoms with Gasteiger partial charge in [-0.15, -0.1) is 0 Å². The van der Waals surface area contributed by atoms with E-state index >= 15 is 0 Å². The van der Waals surface area contributed by atoms with E-state index in [1.165, 1.54) is 5.56 Å². The molecule has 2 nitrogen and oxygen atoms in total. The maximum atomic E-state index is 13.3. The quantitative estimate of drug-likeness (QED) is 0.822. The lowest BCUT2D eigenvalue weighted by atomic mass is 9.96. The Balaban J connectivity index is 2.21. The molecule has 1 aliphatic heterocycles. The van der Waals surface area contributed by atoms with Crippen LogP contribution in [0, 0.1) is 5.82 Å². The number of methoxy groups -OCH3 is 1. The zero-order valence-electron chi connectivity index (χ0n) is 8.92. The molecule has 0 aromatic heterocycles. The number of hydrogen-bond acceptors (Lipinski definition) is 2. The summed E-state index contributed by atoms with van der Waals surface area (Å²) < 4.78 is 18.3. The zero-order valence-corrected chi connectivity index (χ0v) is 8.92. The van der Waals surface area contributed by atoms with Crippen LogP contribution in [0.1, 0.15) is 23.5 Å². The van der Waals surface area contributed by atoms with Crippen LogP contribution in [0.25, 0.3) is 0 Å². The summed E-state index contributed by atoms with van der Waals surface area (Å²) in [5.41, 5.74) is 1.87. The van der Waals surface area contributed by atoms with Gasteiger partial charge in [-0.2, -0.15) is 0 Å². The Morgan fingerprint density at radius 2 is 2.40 bits per heavy atom. The van der Waals surface area contributed by atoms with E-state index in [0.717, 1.165) is 19.5 Å². The van der Waals surface area contributed by atoms with Gasteiger partial charge in [-0.1, -0.05) is 12.1 Å². The minimum Gasteiger partial charge on any atom is -0.380 e. The number of benzene rings is 1. The Kier molecular flexibility index (Phi) is 3.34. The van der Waals surface area contributed by atoms with Gasteiger partial charge in [0.25, 0.3) is 0 Å². The maximum Gasteiger partial charge on any atom is 0.128 e. The third kappa shape index (κ3) is 2.36. The van der Waals surface area contributed by atoms with Crippen molar-refractivity contribution in [1.29, 1.82) is 0 Å². The highest BCUT2D eigenvalue weighted by Crippen LogP contribution is 2.24. The van der Waals surface area contributed by atoms with Crippen LogP contribution < -0.4 is 5.32 Å². The molecule has 0 spiro atoms. The van der Waals surface area contributed by atoms with Gasteiger partial charge in [0.15, 0.2) is 0 Å². The molecule has 1 fully saturated rings. The molecule has 1 aliphatic rings. The molecule has 2 rings (SSSR count). The predicted molar refractivity (Wildman–Crippen MR) is 57.3 cm³/mol. The summed E-state index contributed by atoms with van der Waals surface area (Å²) in [6.45, 7) is 2.40. The summed E-state index contributed by atoms with van der Waals surface area (Å²) >= 11 is 0. The Labute approximate surface area is 89.4 Å². The molecule has 1 atom stereocenters. The zero-order chi connectivity index (χ0) is 10.7. The van der Waals surface area contributed by atoms with E-state index < -0.39 is 0 Å². The van der Waals surface area contributed by atoms with Crippen LogP contribution in [-0.2, 0) is 11.3 Å². The first-order valence-electron chi connectivity index (χ1n) is 5.29.